The van der Waals surface area contributed by atoms with Gasteiger partial charge in [-0.25, -0.2) is 4.98 Å². The summed E-state index contributed by atoms with van der Waals surface area (Å²) in [6.07, 6.45) is -4.38. The van der Waals surface area contributed by atoms with Gasteiger partial charge in [0.15, 0.2) is 5.13 Å². The highest BCUT2D eigenvalue weighted by atomic mass is 32.1. The zero-order valence-electron chi connectivity index (χ0n) is 11.3. The number of nitrogens with zero attached hydrogens (tertiary/aromatic N) is 1. The Morgan fingerprint density at radius 2 is 2.18 bits per heavy atom. The molecule has 5 nitrogen and oxygen atoms in total. The van der Waals surface area contributed by atoms with Crippen LogP contribution in [0.5, 0.6) is 11.5 Å². The monoisotopic (exact) mass is 332 g/mol. The van der Waals surface area contributed by atoms with Gasteiger partial charge in [0.05, 0.1) is 19.1 Å². The third kappa shape index (κ3) is 4.10. The fourth-order valence-electron chi connectivity index (χ4n) is 1.64. The van der Waals surface area contributed by atoms with Crippen molar-refractivity contribution in [3.63, 3.8) is 0 Å². The lowest BCUT2D eigenvalue weighted by atomic mass is 10.2. The van der Waals surface area contributed by atoms with E-state index in [4.69, 9.17) is 4.74 Å². The first kappa shape index (κ1) is 16.1. The summed E-state index contributed by atoms with van der Waals surface area (Å²) in [5, 5.41) is 12.1. The Morgan fingerprint density at radius 1 is 1.45 bits per heavy atom. The summed E-state index contributed by atoms with van der Waals surface area (Å²) < 4.78 is 41.6. The van der Waals surface area contributed by atoms with Gasteiger partial charge < -0.3 is 9.84 Å². The summed E-state index contributed by atoms with van der Waals surface area (Å²) in [6, 6.07) is 4.07. The standard InChI is InChI=1S/C13H11F3N2O3S/c1-21-7-2-3-9(10(19)4-7)11(20)18-12-17-6-8(22-12)5-13(14,15)16/h2-4,6,19H,5H2,1H3,(H,17,18,20). The van der Waals surface area contributed by atoms with Gasteiger partial charge >= 0.3 is 6.18 Å². The van der Waals surface area contributed by atoms with Crippen LogP contribution in [0.15, 0.2) is 24.4 Å². The van der Waals surface area contributed by atoms with Crippen molar-refractivity contribution < 1.29 is 27.8 Å². The van der Waals surface area contributed by atoms with Crippen LogP contribution >= 0.6 is 11.3 Å². The minimum absolute atomic E-state index is 0.0123. The summed E-state index contributed by atoms with van der Waals surface area (Å²) in [4.78, 5) is 15.7. The summed E-state index contributed by atoms with van der Waals surface area (Å²) in [5.74, 6) is -0.604. The number of phenolic OH excluding ortho intramolecular Hbond substituents is 1. The van der Waals surface area contributed by atoms with E-state index in [0.29, 0.717) is 5.75 Å². The van der Waals surface area contributed by atoms with E-state index in [-0.39, 0.29) is 21.3 Å². The molecule has 0 unspecified atom stereocenters. The first-order valence-corrected chi connectivity index (χ1v) is 6.80. The van der Waals surface area contributed by atoms with Crippen LogP contribution in [0, 0.1) is 0 Å². The maximum absolute atomic E-state index is 12.2. The number of carbonyl (C=O) groups excluding carboxylic acids is 1. The van der Waals surface area contributed by atoms with E-state index in [2.05, 4.69) is 10.3 Å². The molecule has 1 heterocycles. The topological polar surface area (TPSA) is 71.5 Å². The zero-order valence-corrected chi connectivity index (χ0v) is 12.1. The van der Waals surface area contributed by atoms with Crippen LogP contribution in [0.2, 0.25) is 0 Å². The Bertz CT molecular complexity index is 685. The lowest BCUT2D eigenvalue weighted by molar-refractivity contribution is -0.126. The zero-order chi connectivity index (χ0) is 16.3. The molecule has 1 aromatic heterocycles. The van der Waals surface area contributed by atoms with Crippen molar-refractivity contribution in [1.29, 1.82) is 0 Å². The summed E-state index contributed by atoms with van der Waals surface area (Å²) in [5.41, 5.74) is -0.0339. The second-order valence-electron chi connectivity index (χ2n) is 4.26. The molecule has 0 fully saturated rings. The predicted octanol–water partition coefficient (Wildman–Crippen LogP) is 3.21. The third-order valence-corrected chi connectivity index (χ3v) is 3.51. The first-order chi connectivity index (χ1) is 10.3. The predicted molar refractivity (Wildman–Crippen MR) is 74.5 cm³/mol. The summed E-state index contributed by atoms with van der Waals surface area (Å²) in [7, 11) is 1.41. The first-order valence-electron chi connectivity index (χ1n) is 5.98. The molecule has 9 heteroatoms. The van der Waals surface area contributed by atoms with Gasteiger partial charge in [-0.15, -0.1) is 11.3 Å². The summed E-state index contributed by atoms with van der Waals surface area (Å²) in [6.45, 7) is 0. The Hall–Kier alpha value is -2.29. The maximum atomic E-state index is 12.2. The number of phenols is 1. The van der Waals surface area contributed by atoms with Gasteiger partial charge in [-0.05, 0) is 12.1 Å². The van der Waals surface area contributed by atoms with Gasteiger partial charge in [-0.2, -0.15) is 13.2 Å². The molecule has 2 aromatic rings. The molecule has 2 rings (SSSR count). The van der Waals surface area contributed by atoms with Crippen LogP contribution < -0.4 is 10.1 Å². The average Bonchev–Trinajstić information content (AvgIpc) is 2.83. The van der Waals surface area contributed by atoms with Crippen LogP contribution in [0.25, 0.3) is 0 Å². The Labute approximate surface area is 127 Å². The number of benzene rings is 1. The van der Waals surface area contributed by atoms with Crippen molar-refractivity contribution in [3.8, 4) is 11.5 Å². The van der Waals surface area contributed by atoms with Crippen LogP contribution in [-0.4, -0.2) is 29.3 Å². The van der Waals surface area contributed by atoms with Gasteiger partial charge in [-0.1, -0.05) is 0 Å². The van der Waals surface area contributed by atoms with E-state index in [1.807, 2.05) is 0 Å². The van der Waals surface area contributed by atoms with Crippen molar-refractivity contribution in [1.82, 2.24) is 4.98 Å². The third-order valence-electron chi connectivity index (χ3n) is 2.60. The van der Waals surface area contributed by atoms with Crippen LogP contribution in [0.4, 0.5) is 18.3 Å². The van der Waals surface area contributed by atoms with E-state index in [9.17, 15) is 23.1 Å². The molecule has 118 valence electrons. The number of aromatic hydroxyl groups is 1. The van der Waals surface area contributed by atoms with Crippen molar-refractivity contribution in [3.05, 3.63) is 34.8 Å². The fraction of sp³-hybridized carbons (Fsp3) is 0.231. The molecule has 2 N–H and O–H groups in total. The number of anilines is 1. The van der Waals surface area contributed by atoms with Crippen molar-refractivity contribution in [2.24, 2.45) is 0 Å². The van der Waals surface area contributed by atoms with E-state index in [1.54, 1.807) is 0 Å². The molecule has 0 aliphatic rings. The maximum Gasteiger partial charge on any atom is 0.393 e. The molecule has 0 saturated heterocycles. The number of ether oxygens (including phenoxy) is 1. The number of halogens is 3. The molecule has 1 aromatic carbocycles. The van der Waals surface area contributed by atoms with E-state index < -0.39 is 18.5 Å². The number of hydrogen-bond acceptors (Lipinski definition) is 5. The van der Waals surface area contributed by atoms with E-state index in [0.717, 1.165) is 17.5 Å². The molecule has 0 saturated carbocycles. The van der Waals surface area contributed by atoms with Crippen molar-refractivity contribution >= 4 is 22.4 Å². The Morgan fingerprint density at radius 3 is 2.77 bits per heavy atom. The van der Waals surface area contributed by atoms with Crippen molar-refractivity contribution in [2.45, 2.75) is 12.6 Å². The number of methoxy groups -OCH3 is 1. The van der Waals surface area contributed by atoms with Gasteiger partial charge in [0.25, 0.3) is 5.91 Å². The number of alkyl halides is 3. The normalized spacial score (nSPS) is 11.3. The van der Waals surface area contributed by atoms with Gasteiger partial charge in [0, 0.05) is 17.1 Å². The van der Waals surface area contributed by atoms with Gasteiger partial charge in [0.2, 0.25) is 0 Å². The molecule has 0 atom stereocenters. The average molecular weight is 332 g/mol. The lowest BCUT2D eigenvalue weighted by Crippen LogP contribution is -2.12. The molecule has 0 spiro atoms. The molecule has 0 bridgehead atoms. The van der Waals surface area contributed by atoms with Crippen molar-refractivity contribution in [2.75, 3.05) is 12.4 Å². The molecular weight excluding hydrogens is 321 g/mol. The highest BCUT2D eigenvalue weighted by Gasteiger charge is 2.29. The molecular formula is C13H11F3N2O3S. The number of nitrogens with one attached hydrogen (secondary N) is 1. The second kappa shape index (κ2) is 6.22. The number of thiazole rings is 1. The number of amides is 1. The number of aromatic nitrogens is 1. The highest BCUT2D eigenvalue weighted by Crippen LogP contribution is 2.28. The Balaban J connectivity index is 2.09. The molecule has 22 heavy (non-hydrogen) atoms. The van der Waals surface area contributed by atoms with Gasteiger partial charge in [-0.3, -0.25) is 10.1 Å². The summed E-state index contributed by atoms with van der Waals surface area (Å²) >= 11 is 0.727. The van der Waals surface area contributed by atoms with Crippen LogP contribution in [-0.2, 0) is 6.42 Å². The SMILES string of the molecule is COc1ccc(C(=O)Nc2ncc(CC(F)(F)F)s2)c(O)c1. The molecule has 0 aliphatic heterocycles. The quantitative estimate of drug-likeness (QED) is 0.902. The number of hydrogen-bond donors (Lipinski definition) is 2. The minimum Gasteiger partial charge on any atom is -0.507 e. The largest absolute Gasteiger partial charge is 0.507 e. The Kier molecular flexibility index (Phi) is 4.55. The molecule has 0 aliphatic carbocycles. The second-order valence-corrected chi connectivity index (χ2v) is 5.38. The minimum atomic E-state index is -4.33. The smallest absolute Gasteiger partial charge is 0.393 e. The van der Waals surface area contributed by atoms with E-state index >= 15 is 0 Å². The lowest BCUT2D eigenvalue weighted by Gasteiger charge is -2.06. The molecule has 0 radical (unpaired) electrons. The van der Waals surface area contributed by atoms with E-state index in [1.165, 1.54) is 25.3 Å². The number of carbonyl (C=O) groups is 1. The van der Waals surface area contributed by atoms with Crippen LogP contribution in [0.1, 0.15) is 15.2 Å². The fourth-order valence-corrected chi connectivity index (χ4v) is 2.48. The highest BCUT2D eigenvalue weighted by molar-refractivity contribution is 7.15. The molecule has 1 amide bonds. The number of rotatable bonds is 4. The van der Waals surface area contributed by atoms with Crippen LogP contribution in [0.3, 0.4) is 0 Å². The van der Waals surface area contributed by atoms with Gasteiger partial charge in [0.1, 0.15) is 11.5 Å².